The minimum atomic E-state index is -0.163. The zero-order valence-corrected chi connectivity index (χ0v) is 12.6. The van der Waals surface area contributed by atoms with E-state index in [4.69, 9.17) is 0 Å². The van der Waals surface area contributed by atoms with Gasteiger partial charge in [0.25, 0.3) is 0 Å². The molecule has 0 fully saturated rings. The maximum Gasteiger partial charge on any atom is 0.231 e. The standard InChI is InChI=1S/C18H22N2O/c1-3-19-13-15-8-7-11-17(12-15)20-18(21)14(2)16-9-5-4-6-10-16/h4-12,14,19H,3,13H2,1-2H3,(H,20,21). The fourth-order valence-corrected chi connectivity index (χ4v) is 2.17. The van der Waals surface area contributed by atoms with Crippen LogP contribution in [0.4, 0.5) is 5.69 Å². The Hall–Kier alpha value is -2.13. The van der Waals surface area contributed by atoms with Crippen molar-refractivity contribution < 1.29 is 4.79 Å². The van der Waals surface area contributed by atoms with Crippen LogP contribution in [-0.2, 0) is 11.3 Å². The molecule has 2 aromatic carbocycles. The molecule has 0 spiro atoms. The third-order valence-corrected chi connectivity index (χ3v) is 3.47. The highest BCUT2D eigenvalue weighted by molar-refractivity contribution is 5.95. The third kappa shape index (κ3) is 4.43. The van der Waals surface area contributed by atoms with E-state index in [0.29, 0.717) is 0 Å². The van der Waals surface area contributed by atoms with Crippen molar-refractivity contribution in [3.63, 3.8) is 0 Å². The van der Waals surface area contributed by atoms with Crippen LogP contribution in [0.1, 0.15) is 30.9 Å². The Balaban J connectivity index is 2.02. The Bertz CT molecular complexity index is 581. The van der Waals surface area contributed by atoms with Crippen LogP contribution in [0.5, 0.6) is 0 Å². The van der Waals surface area contributed by atoms with E-state index in [1.165, 1.54) is 5.56 Å². The topological polar surface area (TPSA) is 41.1 Å². The molecular weight excluding hydrogens is 260 g/mol. The molecule has 3 heteroatoms. The number of carbonyl (C=O) groups excluding carboxylic acids is 1. The smallest absolute Gasteiger partial charge is 0.231 e. The van der Waals surface area contributed by atoms with E-state index in [-0.39, 0.29) is 11.8 Å². The normalized spacial score (nSPS) is 11.9. The van der Waals surface area contributed by atoms with Crippen LogP contribution >= 0.6 is 0 Å². The molecule has 2 aromatic rings. The third-order valence-electron chi connectivity index (χ3n) is 3.47. The lowest BCUT2D eigenvalue weighted by Gasteiger charge is -2.13. The minimum absolute atomic E-state index is 0.0156. The number of hydrogen-bond acceptors (Lipinski definition) is 2. The quantitative estimate of drug-likeness (QED) is 0.851. The van der Waals surface area contributed by atoms with Crippen molar-refractivity contribution >= 4 is 11.6 Å². The van der Waals surface area contributed by atoms with Gasteiger partial charge in [-0.3, -0.25) is 4.79 Å². The van der Waals surface area contributed by atoms with Crippen LogP contribution < -0.4 is 10.6 Å². The van der Waals surface area contributed by atoms with E-state index in [0.717, 1.165) is 24.3 Å². The van der Waals surface area contributed by atoms with E-state index < -0.39 is 0 Å². The molecule has 0 heterocycles. The van der Waals surface area contributed by atoms with Crippen LogP contribution in [-0.4, -0.2) is 12.5 Å². The largest absolute Gasteiger partial charge is 0.326 e. The number of rotatable bonds is 6. The summed E-state index contributed by atoms with van der Waals surface area (Å²) in [7, 11) is 0. The first-order valence-corrected chi connectivity index (χ1v) is 7.36. The van der Waals surface area contributed by atoms with Gasteiger partial charge in [-0.05, 0) is 36.7 Å². The van der Waals surface area contributed by atoms with Gasteiger partial charge in [-0.1, -0.05) is 49.4 Å². The molecule has 0 aliphatic rings. The summed E-state index contributed by atoms with van der Waals surface area (Å²) in [5, 5.41) is 6.27. The van der Waals surface area contributed by atoms with Gasteiger partial charge >= 0.3 is 0 Å². The first-order chi connectivity index (χ1) is 10.2. The van der Waals surface area contributed by atoms with Crippen molar-refractivity contribution in [3.05, 3.63) is 65.7 Å². The fourth-order valence-electron chi connectivity index (χ4n) is 2.17. The Morgan fingerprint density at radius 1 is 1.10 bits per heavy atom. The van der Waals surface area contributed by atoms with E-state index >= 15 is 0 Å². The summed E-state index contributed by atoms with van der Waals surface area (Å²) in [6, 6.07) is 17.8. The molecule has 0 aliphatic heterocycles. The van der Waals surface area contributed by atoms with Gasteiger partial charge in [0.2, 0.25) is 5.91 Å². The average molecular weight is 282 g/mol. The zero-order valence-electron chi connectivity index (χ0n) is 12.6. The van der Waals surface area contributed by atoms with Crippen LogP contribution in [0.3, 0.4) is 0 Å². The van der Waals surface area contributed by atoms with E-state index in [1.807, 2.05) is 55.5 Å². The Morgan fingerprint density at radius 2 is 1.86 bits per heavy atom. The van der Waals surface area contributed by atoms with Gasteiger partial charge in [0.1, 0.15) is 0 Å². The molecule has 2 rings (SSSR count). The fraction of sp³-hybridized carbons (Fsp3) is 0.278. The number of benzene rings is 2. The highest BCUT2D eigenvalue weighted by Crippen LogP contribution is 2.18. The molecule has 1 atom stereocenters. The second-order valence-electron chi connectivity index (χ2n) is 5.10. The van der Waals surface area contributed by atoms with E-state index in [2.05, 4.69) is 23.6 Å². The second-order valence-corrected chi connectivity index (χ2v) is 5.10. The highest BCUT2D eigenvalue weighted by Gasteiger charge is 2.14. The van der Waals surface area contributed by atoms with Crippen molar-refractivity contribution in [2.45, 2.75) is 26.3 Å². The molecule has 3 nitrogen and oxygen atoms in total. The maximum absolute atomic E-state index is 12.3. The number of carbonyl (C=O) groups is 1. The van der Waals surface area contributed by atoms with Gasteiger partial charge in [-0.25, -0.2) is 0 Å². The molecule has 0 bridgehead atoms. The van der Waals surface area contributed by atoms with Gasteiger partial charge in [0.05, 0.1) is 5.92 Å². The molecule has 1 unspecified atom stereocenters. The molecule has 0 saturated carbocycles. The Kier molecular flexibility index (Phi) is 5.52. The van der Waals surface area contributed by atoms with E-state index in [1.54, 1.807) is 0 Å². The van der Waals surface area contributed by atoms with E-state index in [9.17, 15) is 4.79 Å². The van der Waals surface area contributed by atoms with Crippen LogP contribution in [0.25, 0.3) is 0 Å². The highest BCUT2D eigenvalue weighted by atomic mass is 16.1. The summed E-state index contributed by atoms with van der Waals surface area (Å²) in [6.07, 6.45) is 0. The first kappa shape index (κ1) is 15.3. The van der Waals surface area contributed by atoms with Gasteiger partial charge in [-0.15, -0.1) is 0 Å². The van der Waals surface area contributed by atoms with Crippen LogP contribution in [0.2, 0.25) is 0 Å². The predicted octanol–water partition coefficient (Wildman–Crippen LogP) is 3.54. The lowest BCUT2D eigenvalue weighted by Crippen LogP contribution is -2.19. The minimum Gasteiger partial charge on any atom is -0.326 e. The van der Waals surface area contributed by atoms with Crippen LogP contribution in [0, 0.1) is 0 Å². The zero-order chi connectivity index (χ0) is 15.1. The molecule has 2 N–H and O–H groups in total. The summed E-state index contributed by atoms with van der Waals surface area (Å²) < 4.78 is 0. The summed E-state index contributed by atoms with van der Waals surface area (Å²) in [5.74, 6) is -0.148. The van der Waals surface area contributed by atoms with Crippen LogP contribution in [0.15, 0.2) is 54.6 Å². The summed E-state index contributed by atoms with van der Waals surface area (Å²) >= 11 is 0. The van der Waals surface area contributed by atoms with Crippen molar-refractivity contribution in [1.82, 2.24) is 5.32 Å². The SMILES string of the molecule is CCNCc1cccc(NC(=O)C(C)c2ccccc2)c1. The molecule has 0 radical (unpaired) electrons. The van der Waals surface area contributed by atoms with Gasteiger partial charge in [0.15, 0.2) is 0 Å². The second kappa shape index (κ2) is 7.60. The number of nitrogens with one attached hydrogen (secondary N) is 2. The molecule has 0 saturated heterocycles. The Labute approximate surface area is 126 Å². The van der Waals surface area contributed by atoms with Gasteiger partial charge in [-0.2, -0.15) is 0 Å². The number of amides is 1. The van der Waals surface area contributed by atoms with Gasteiger partial charge in [0, 0.05) is 12.2 Å². The predicted molar refractivity (Wildman–Crippen MR) is 87.3 cm³/mol. The molecule has 1 amide bonds. The van der Waals surface area contributed by atoms with Gasteiger partial charge < -0.3 is 10.6 Å². The summed E-state index contributed by atoms with van der Waals surface area (Å²) in [6.45, 7) is 5.75. The first-order valence-electron chi connectivity index (χ1n) is 7.36. The molecule has 110 valence electrons. The van der Waals surface area contributed by atoms with Crippen molar-refractivity contribution in [1.29, 1.82) is 0 Å². The lowest BCUT2D eigenvalue weighted by atomic mass is 10.0. The van der Waals surface area contributed by atoms with Crippen molar-refractivity contribution in [2.24, 2.45) is 0 Å². The monoisotopic (exact) mass is 282 g/mol. The molecule has 0 aliphatic carbocycles. The average Bonchev–Trinajstić information content (AvgIpc) is 2.53. The Morgan fingerprint density at radius 3 is 2.57 bits per heavy atom. The number of hydrogen-bond donors (Lipinski definition) is 2. The van der Waals surface area contributed by atoms with Crippen molar-refractivity contribution in [2.75, 3.05) is 11.9 Å². The molecule has 0 aromatic heterocycles. The van der Waals surface area contributed by atoms with Crippen molar-refractivity contribution in [3.8, 4) is 0 Å². The summed E-state index contributed by atoms with van der Waals surface area (Å²) in [5.41, 5.74) is 3.04. The summed E-state index contributed by atoms with van der Waals surface area (Å²) in [4.78, 5) is 12.3. The lowest BCUT2D eigenvalue weighted by molar-refractivity contribution is -0.117. The molecule has 21 heavy (non-hydrogen) atoms. The maximum atomic E-state index is 12.3. The number of anilines is 1. The molecular formula is C18H22N2O.